The number of carbonyl (C=O) groups is 1. The summed E-state index contributed by atoms with van der Waals surface area (Å²) in [6, 6.07) is 0.828. The molecule has 0 saturated carbocycles. The van der Waals surface area contributed by atoms with Crippen molar-refractivity contribution < 1.29 is 9.90 Å². The van der Waals surface area contributed by atoms with Gasteiger partial charge < -0.3 is 10.8 Å². The van der Waals surface area contributed by atoms with Gasteiger partial charge in [-0.2, -0.15) is 0 Å². The molecule has 0 aliphatic carbocycles. The number of nitrogens with two attached hydrogens (primary N) is 1. The third kappa shape index (κ3) is 2.12. The molecule has 16 heavy (non-hydrogen) atoms. The monoisotopic (exact) mass is 218 g/mol. The molecule has 0 aliphatic heterocycles. The van der Waals surface area contributed by atoms with Crippen molar-refractivity contribution in [2.75, 3.05) is 0 Å². The molecule has 2 rings (SSSR count). The highest BCUT2D eigenvalue weighted by Gasteiger charge is 2.12. The lowest BCUT2D eigenvalue weighted by atomic mass is 10.1. The van der Waals surface area contributed by atoms with E-state index in [1.165, 1.54) is 0 Å². The van der Waals surface area contributed by atoms with E-state index in [0.29, 0.717) is 11.2 Å². The van der Waals surface area contributed by atoms with E-state index in [1.807, 2.05) is 0 Å². The van der Waals surface area contributed by atoms with Crippen LogP contribution < -0.4 is 5.73 Å². The summed E-state index contributed by atoms with van der Waals surface area (Å²) in [5, 5.41) is 8.68. The molecule has 0 aromatic carbocycles. The van der Waals surface area contributed by atoms with Gasteiger partial charge in [0.25, 0.3) is 0 Å². The van der Waals surface area contributed by atoms with Gasteiger partial charge >= 0.3 is 5.97 Å². The maximum atomic E-state index is 10.6. The average molecular weight is 218 g/mol. The fraction of sp³-hybridized carbons (Fsp3) is 0.200. The molecule has 0 aliphatic rings. The lowest BCUT2D eigenvalue weighted by Crippen LogP contribution is -2.32. The third-order valence-electron chi connectivity index (χ3n) is 2.15. The van der Waals surface area contributed by atoms with Gasteiger partial charge in [-0.15, -0.1) is 0 Å². The lowest BCUT2D eigenvalue weighted by Gasteiger charge is -2.06. The predicted molar refractivity (Wildman–Crippen MR) is 56.6 cm³/mol. The second-order valence-electron chi connectivity index (χ2n) is 3.39. The van der Waals surface area contributed by atoms with E-state index in [2.05, 4.69) is 15.0 Å². The Labute approximate surface area is 91.2 Å². The van der Waals surface area contributed by atoms with E-state index < -0.39 is 12.0 Å². The molecule has 0 saturated heterocycles. The van der Waals surface area contributed by atoms with Crippen LogP contribution in [0.15, 0.2) is 24.7 Å². The second-order valence-corrected chi connectivity index (χ2v) is 3.39. The smallest absolute Gasteiger partial charge is 0.320 e. The number of pyridine rings is 1. The van der Waals surface area contributed by atoms with Gasteiger partial charge in [0.05, 0.1) is 0 Å². The summed E-state index contributed by atoms with van der Waals surface area (Å²) >= 11 is 0. The first-order valence-electron chi connectivity index (χ1n) is 4.71. The molecule has 0 unspecified atom stereocenters. The SMILES string of the molecule is N[C@H](Cc1cnc2nccnc2c1)C(=O)O. The number of fused-ring (bicyclic) bond motifs is 1. The molecule has 82 valence electrons. The van der Waals surface area contributed by atoms with Crippen LogP contribution in [0.3, 0.4) is 0 Å². The molecule has 0 bridgehead atoms. The van der Waals surface area contributed by atoms with Crippen molar-refractivity contribution in [1.82, 2.24) is 15.0 Å². The van der Waals surface area contributed by atoms with Crippen molar-refractivity contribution in [3.63, 3.8) is 0 Å². The first-order valence-corrected chi connectivity index (χ1v) is 4.71. The Bertz CT molecular complexity index is 529. The van der Waals surface area contributed by atoms with Gasteiger partial charge in [-0.1, -0.05) is 0 Å². The van der Waals surface area contributed by atoms with Crippen molar-refractivity contribution >= 4 is 17.1 Å². The molecule has 2 aromatic heterocycles. The largest absolute Gasteiger partial charge is 0.480 e. The van der Waals surface area contributed by atoms with Crippen LogP contribution in [-0.2, 0) is 11.2 Å². The van der Waals surface area contributed by atoms with E-state index in [1.54, 1.807) is 24.7 Å². The molecule has 3 N–H and O–H groups in total. The van der Waals surface area contributed by atoms with Gasteiger partial charge in [0, 0.05) is 18.6 Å². The number of carboxylic acid groups (broad SMARTS) is 1. The van der Waals surface area contributed by atoms with Crippen molar-refractivity contribution in [1.29, 1.82) is 0 Å². The Morgan fingerprint density at radius 2 is 2.12 bits per heavy atom. The number of hydrogen-bond donors (Lipinski definition) is 2. The Balaban J connectivity index is 2.29. The first-order chi connectivity index (χ1) is 7.66. The quantitative estimate of drug-likeness (QED) is 0.750. The summed E-state index contributed by atoms with van der Waals surface area (Å²) in [6.45, 7) is 0. The minimum Gasteiger partial charge on any atom is -0.480 e. The summed E-state index contributed by atoms with van der Waals surface area (Å²) in [7, 11) is 0. The van der Waals surface area contributed by atoms with Crippen molar-refractivity contribution in [2.24, 2.45) is 5.73 Å². The summed E-state index contributed by atoms with van der Waals surface area (Å²) in [5.74, 6) is -1.03. The highest BCUT2D eigenvalue weighted by molar-refractivity contribution is 5.74. The van der Waals surface area contributed by atoms with Gasteiger partial charge in [-0.05, 0) is 18.1 Å². The van der Waals surface area contributed by atoms with Crippen molar-refractivity contribution in [3.8, 4) is 0 Å². The normalized spacial score (nSPS) is 12.6. The van der Waals surface area contributed by atoms with Crippen LogP contribution in [-0.4, -0.2) is 32.1 Å². The number of rotatable bonds is 3. The Kier molecular flexibility index (Phi) is 2.74. The zero-order valence-corrected chi connectivity index (χ0v) is 8.37. The summed E-state index contributed by atoms with van der Waals surface area (Å²) in [4.78, 5) is 22.8. The number of aromatic nitrogens is 3. The van der Waals surface area contributed by atoms with E-state index in [9.17, 15) is 4.79 Å². The molecular formula is C10H10N4O2. The minimum atomic E-state index is -1.03. The van der Waals surface area contributed by atoms with E-state index in [0.717, 1.165) is 5.56 Å². The van der Waals surface area contributed by atoms with E-state index >= 15 is 0 Å². The van der Waals surface area contributed by atoms with Crippen molar-refractivity contribution in [2.45, 2.75) is 12.5 Å². The fourth-order valence-corrected chi connectivity index (χ4v) is 1.35. The Morgan fingerprint density at radius 3 is 2.88 bits per heavy atom. The number of hydrogen-bond acceptors (Lipinski definition) is 5. The fourth-order valence-electron chi connectivity index (χ4n) is 1.35. The molecule has 1 atom stereocenters. The zero-order chi connectivity index (χ0) is 11.5. The van der Waals surface area contributed by atoms with Gasteiger partial charge in [0.1, 0.15) is 11.6 Å². The molecule has 6 nitrogen and oxygen atoms in total. The molecular weight excluding hydrogens is 208 g/mol. The first kappa shape index (κ1) is 10.4. The summed E-state index contributed by atoms with van der Waals surface area (Å²) < 4.78 is 0. The average Bonchev–Trinajstić information content (AvgIpc) is 2.28. The Hall–Kier alpha value is -2.08. The highest BCUT2D eigenvalue weighted by Crippen LogP contribution is 2.09. The Morgan fingerprint density at radius 1 is 1.38 bits per heavy atom. The van der Waals surface area contributed by atoms with Gasteiger partial charge in [-0.3, -0.25) is 9.78 Å². The summed E-state index contributed by atoms with van der Waals surface area (Å²) in [5.41, 5.74) is 7.34. The maximum Gasteiger partial charge on any atom is 0.320 e. The lowest BCUT2D eigenvalue weighted by molar-refractivity contribution is -0.138. The van der Waals surface area contributed by atoms with Gasteiger partial charge in [0.15, 0.2) is 5.65 Å². The highest BCUT2D eigenvalue weighted by atomic mass is 16.4. The van der Waals surface area contributed by atoms with Crippen LogP contribution in [0.4, 0.5) is 0 Å². The minimum absolute atomic E-state index is 0.231. The summed E-state index contributed by atoms with van der Waals surface area (Å²) in [6.07, 6.45) is 4.91. The molecule has 0 radical (unpaired) electrons. The standard InChI is InChI=1S/C10H10N4O2/c11-7(10(15)16)3-6-4-8-9(14-5-6)13-2-1-12-8/h1-2,4-5,7H,3,11H2,(H,15,16)/t7-/m1/s1. The van der Waals surface area contributed by atoms with Gasteiger partial charge in [0.2, 0.25) is 0 Å². The van der Waals surface area contributed by atoms with Crippen LogP contribution >= 0.6 is 0 Å². The molecule has 0 spiro atoms. The van der Waals surface area contributed by atoms with E-state index in [-0.39, 0.29) is 6.42 Å². The van der Waals surface area contributed by atoms with Crippen LogP contribution in [0.2, 0.25) is 0 Å². The molecule has 0 amide bonds. The van der Waals surface area contributed by atoms with Crippen LogP contribution in [0.25, 0.3) is 11.2 Å². The van der Waals surface area contributed by atoms with Crippen LogP contribution in [0.5, 0.6) is 0 Å². The molecule has 2 heterocycles. The number of carboxylic acids is 1. The number of nitrogens with zero attached hydrogens (tertiary/aromatic N) is 3. The zero-order valence-electron chi connectivity index (χ0n) is 8.37. The van der Waals surface area contributed by atoms with Crippen molar-refractivity contribution in [3.05, 3.63) is 30.2 Å². The predicted octanol–water partition coefficient (Wildman–Crippen LogP) is -0.0208. The molecule has 6 heteroatoms. The van der Waals surface area contributed by atoms with E-state index in [4.69, 9.17) is 10.8 Å². The second kappa shape index (κ2) is 4.19. The molecule has 0 fully saturated rings. The van der Waals surface area contributed by atoms with Crippen LogP contribution in [0, 0.1) is 0 Å². The van der Waals surface area contributed by atoms with Gasteiger partial charge in [-0.25, -0.2) is 9.97 Å². The number of aliphatic carboxylic acids is 1. The third-order valence-corrected chi connectivity index (χ3v) is 2.15. The van der Waals surface area contributed by atoms with Crippen LogP contribution in [0.1, 0.15) is 5.56 Å². The maximum absolute atomic E-state index is 10.6. The topological polar surface area (TPSA) is 102 Å². The molecule has 2 aromatic rings.